The predicted molar refractivity (Wildman–Crippen MR) is 90.6 cm³/mol. The number of anilines is 1. The molecule has 0 saturated carbocycles. The van der Waals surface area contributed by atoms with Crippen molar-refractivity contribution in [2.45, 2.75) is 31.3 Å². The van der Waals surface area contributed by atoms with Crippen LogP contribution in [-0.2, 0) is 4.79 Å². The fourth-order valence-electron chi connectivity index (χ4n) is 3.90. The zero-order valence-corrected chi connectivity index (χ0v) is 13.3. The summed E-state index contributed by atoms with van der Waals surface area (Å²) < 4.78 is 0. The lowest BCUT2D eigenvalue weighted by atomic mass is 9.95. The maximum absolute atomic E-state index is 12.8. The number of piperidine rings is 1. The number of fused-ring (bicyclic) bond motifs is 1. The van der Waals surface area contributed by atoms with Crippen molar-refractivity contribution in [1.29, 1.82) is 0 Å². The Morgan fingerprint density at radius 1 is 1.00 bits per heavy atom. The van der Waals surface area contributed by atoms with Crippen LogP contribution in [0, 0.1) is 0 Å². The number of carbonyl (C=O) groups excluding carboxylic acids is 2. The molecule has 1 aromatic carbocycles. The van der Waals surface area contributed by atoms with Crippen molar-refractivity contribution in [1.82, 2.24) is 9.88 Å². The Morgan fingerprint density at radius 3 is 2.50 bits per heavy atom. The molecule has 0 N–H and O–H groups in total. The summed E-state index contributed by atoms with van der Waals surface area (Å²) in [5.41, 5.74) is 1.59. The summed E-state index contributed by atoms with van der Waals surface area (Å²) in [4.78, 5) is 33.1. The largest absolute Gasteiger partial charge is 0.333 e. The van der Waals surface area contributed by atoms with E-state index in [9.17, 15) is 9.59 Å². The molecule has 24 heavy (non-hydrogen) atoms. The lowest BCUT2D eigenvalue weighted by molar-refractivity contribution is -0.120. The van der Waals surface area contributed by atoms with Gasteiger partial charge in [-0.2, -0.15) is 0 Å². The molecule has 5 nitrogen and oxygen atoms in total. The van der Waals surface area contributed by atoms with Crippen LogP contribution < -0.4 is 4.90 Å². The Hall–Kier alpha value is -2.69. The highest BCUT2D eigenvalue weighted by molar-refractivity contribution is 5.97. The van der Waals surface area contributed by atoms with Crippen molar-refractivity contribution in [2.24, 2.45) is 0 Å². The van der Waals surface area contributed by atoms with E-state index in [-0.39, 0.29) is 23.9 Å². The van der Waals surface area contributed by atoms with E-state index in [1.807, 2.05) is 40.1 Å². The maximum atomic E-state index is 12.8. The Morgan fingerprint density at radius 2 is 1.75 bits per heavy atom. The van der Waals surface area contributed by atoms with Crippen LogP contribution in [0.25, 0.3) is 0 Å². The van der Waals surface area contributed by atoms with Gasteiger partial charge in [-0.3, -0.25) is 14.6 Å². The van der Waals surface area contributed by atoms with Crippen molar-refractivity contribution < 1.29 is 9.59 Å². The van der Waals surface area contributed by atoms with Crippen LogP contribution in [0.4, 0.5) is 5.69 Å². The molecule has 2 atom stereocenters. The second kappa shape index (κ2) is 6.07. The Bertz CT molecular complexity index is 748. The average Bonchev–Trinajstić information content (AvgIpc) is 3.06. The molecule has 0 aliphatic carbocycles. The van der Waals surface area contributed by atoms with E-state index < -0.39 is 0 Å². The van der Waals surface area contributed by atoms with Crippen LogP contribution in [0.2, 0.25) is 0 Å². The second-order valence-corrected chi connectivity index (χ2v) is 6.30. The molecule has 4 rings (SSSR count). The normalized spacial score (nSPS) is 23.2. The van der Waals surface area contributed by atoms with E-state index in [0.717, 1.165) is 18.5 Å². The van der Waals surface area contributed by atoms with Gasteiger partial charge in [-0.1, -0.05) is 18.2 Å². The van der Waals surface area contributed by atoms with Crippen LogP contribution in [0.3, 0.4) is 0 Å². The summed E-state index contributed by atoms with van der Waals surface area (Å²) in [5, 5.41) is 0. The highest BCUT2D eigenvalue weighted by Gasteiger charge is 2.45. The van der Waals surface area contributed by atoms with Gasteiger partial charge in [-0.15, -0.1) is 0 Å². The van der Waals surface area contributed by atoms with Crippen LogP contribution in [0.1, 0.15) is 29.6 Å². The fourth-order valence-corrected chi connectivity index (χ4v) is 3.90. The highest BCUT2D eigenvalue weighted by atomic mass is 16.2. The number of hydrogen-bond donors (Lipinski definition) is 0. The molecule has 0 spiro atoms. The monoisotopic (exact) mass is 321 g/mol. The van der Waals surface area contributed by atoms with Gasteiger partial charge in [0.2, 0.25) is 5.91 Å². The molecule has 3 heterocycles. The molecule has 0 unspecified atom stereocenters. The smallest absolute Gasteiger partial charge is 0.254 e. The zero-order valence-electron chi connectivity index (χ0n) is 13.3. The van der Waals surface area contributed by atoms with Crippen LogP contribution in [-0.4, -0.2) is 40.3 Å². The third kappa shape index (κ3) is 2.46. The minimum absolute atomic E-state index is 0.0345. The number of carbonyl (C=O) groups is 2. The van der Waals surface area contributed by atoms with E-state index in [2.05, 4.69) is 4.98 Å². The first-order chi connectivity index (χ1) is 11.8. The third-order valence-corrected chi connectivity index (χ3v) is 4.99. The molecule has 122 valence electrons. The highest BCUT2D eigenvalue weighted by Crippen LogP contribution is 2.35. The molecule has 0 bridgehead atoms. The molecular formula is C19H19N3O2. The lowest BCUT2D eigenvalue weighted by Crippen LogP contribution is -2.53. The number of aromatic nitrogens is 1. The first-order valence-corrected chi connectivity index (χ1v) is 8.34. The Labute approximate surface area is 140 Å². The SMILES string of the molecule is O=C(c1ccncc1)N1CC[C@@H]2[C@H]1CCC(=O)N2c1ccccc1. The van der Waals surface area contributed by atoms with Gasteiger partial charge in [-0.05, 0) is 37.1 Å². The number of pyridine rings is 1. The summed E-state index contributed by atoms with van der Waals surface area (Å²) in [5.74, 6) is 0.188. The van der Waals surface area contributed by atoms with E-state index in [1.165, 1.54) is 0 Å². The lowest BCUT2D eigenvalue weighted by Gasteiger charge is -2.39. The topological polar surface area (TPSA) is 53.5 Å². The molecule has 5 heteroatoms. The van der Waals surface area contributed by atoms with Gasteiger partial charge in [0, 0.05) is 36.6 Å². The standard InChI is InChI=1S/C19H19N3O2/c23-18-7-6-16-17(22(18)15-4-2-1-3-5-15)10-13-21(16)19(24)14-8-11-20-12-9-14/h1-5,8-9,11-12,16-17H,6-7,10,13H2/t16-,17-/m1/s1. The van der Waals surface area contributed by atoms with Gasteiger partial charge in [0.25, 0.3) is 5.91 Å². The molecule has 1 aromatic heterocycles. The molecule has 2 aliphatic heterocycles. The number of amides is 2. The number of para-hydroxylation sites is 1. The van der Waals surface area contributed by atoms with Gasteiger partial charge in [0.15, 0.2) is 0 Å². The van der Waals surface area contributed by atoms with Crippen LogP contribution >= 0.6 is 0 Å². The molecule has 0 radical (unpaired) electrons. The summed E-state index contributed by atoms with van der Waals surface area (Å²) in [6.45, 7) is 0.688. The minimum atomic E-state index is 0.0345. The van der Waals surface area contributed by atoms with Gasteiger partial charge in [0.1, 0.15) is 0 Å². The van der Waals surface area contributed by atoms with Crippen molar-refractivity contribution in [2.75, 3.05) is 11.4 Å². The Kier molecular flexibility index (Phi) is 3.76. The second-order valence-electron chi connectivity index (χ2n) is 6.30. The first kappa shape index (κ1) is 14.9. The number of hydrogen-bond acceptors (Lipinski definition) is 3. The zero-order chi connectivity index (χ0) is 16.5. The van der Waals surface area contributed by atoms with E-state index in [0.29, 0.717) is 18.5 Å². The summed E-state index contributed by atoms with van der Waals surface area (Å²) in [6, 6.07) is 13.4. The van der Waals surface area contributed by atoms with Gasteiger partial charge in [0.05, 0.1) is 12.1 Å². The van der Waals surface area contributed by atoms with Gasteiger partial charge in [-0.25, -0.2) is 0 Å². The van der Waals surface area contributed by atoms with Crippen molar-refractivity contribution in [3.63, 3.8) is 0 Å². The maximum Gasteiger partial charge on any atom is 0.254 e. The van der Waals surface area contributed by atoms with E-state index in [1.54, 1.807) is 24.5 Å². The Balaban J connectivity index is 1.61. The number of likely N-dealkylation sites (tertiary alicyclic amines) is 1. The number of rotatable bonds is 2. The van der Waals surface area contributed by atoms with Crippen LogP contribution in [0.15, 0.2) is 54.9 Å². The molecule has 2 fully saturated rings. The molecule has 2 amide bonds. The fraction of sp³-hybridized carbons (Fsp3) is 0.316. The third-order valence-electron chi connectivity index (χ3n) is 4.99. The predicted octanol–water partition coefficient (Wildman–Crippen LogP) is 2.49. The number of nitrogens with zero attached hydrogens (tertiary/aromatic N) is 3. The van der Waals surface area contributed by atoms with E-state index >= 15 is 0 Å². The van der Waals surface area contributed by atoms with Crippen molar-refractivity contribution in [3.8, 4) is 0 Å². The molecular weight excluding hydrogens is 302 g/mol. The summed E-state index contributed by atoms with van der Waals surface area (Å²) in [7, 11) is 0. The van der Waals surface area contributed by atoms with E-state index in [4.69, 9.17) is 0 Å². The van der Waals surface area contributed by atoms with Crippen LogP contribution in [0.5, 0.6) is 0 Å². The van der Waals surface area contributed by atoms with Gasteiger partial charge < -0.3 is 9.80 Å². The minimum Gasteiger partial charge on any atom is -0.333 e. The molecule has 2 saturated heterocycles. The number of benzene rings is 1. The average molecular weight is 321 g/mol. The van der Waals surface area contributed by atoms with Crippen molar-refractivity contribution in [3.05, 3.63) is 60.4 Å². The quantitative estimate of drug-likeness (QED) is 0.854. The first-order valence-electron chi connectivity index (χ1n) is 8.34. The van der Waals surface area contributed by atoms with Crippen molar-refractivity contribution >= 4 is 17.5 Å². The summed E-state index contributed by atoms with van der Waals surface area (Å²) in [6.07, 6.45) is 5.32. The molecule has 2 aromatic rings. The van der Waals surface area contributed by atoms with Gasteiger partial charge >= 0.3 is 0 Å². The molecule has 2 aliphatic rings. The summed E-state index contributed by atoms with van der Waals surface area (Å²) >= 11 is 0.